The van der Waals surface area contributed by atoms with E-state index in [0.717, 1.165) is 11.1 Å². The Balaban J connectivity index is 0. The van der Waals surface area contributed by atoms with E-state index >= 15 is 0 Å². The molecule has 23 heavy (non-hydrogen) atoms. The number of rotatable bonds is 2. The van der Waals surface area contributed by atoms with Gasteiger partial charge in [-0.1, -0.05) is 53.8 Å². The lowest BCUT2D eigenvalue weighted by Crippen LogP contribution is -1.84. The number of hydrogen-bond acceptors (Lipinski definition) is 3. The highest BCUT2D eigenvalue weighted by molar-refractivity contribution is 6.92. The average molecular weight is 434 g/mol. The molecular weight excluding hydrogens is 418 g/mol. The molecule has 1 unspecified atom stereocenters. The van der Waals surface area contributed by atoms with E-state index in [9.17, 15) is 0 Å². The Morgan fingerprint density at radius 1 is 0.913 bits per heavy atom. The van der Waals surface area contributed by atoms with Gasteiger partial charge in [0.1, 0.15) is 10.3 Å². The summed E-state index contributed by atoms with van der Waals surface area (Å²) in [6.07, 6.45) is 3.45. The second-order valence-corrected chi connectivity index (χ2v) is 5.50. The molecule has 0 amide bonds. The van der Waals surface area contributed by atoms with Gasteiger partial charge in [-0.2, -0.15) is 15.2 Å². The van der Waals surface area contributed by atoms with Crippen LogP contribution in [0.15, 0.2) is 24.5 Å². The van der Waals surface area contributed by atoms with Gasteiger partial charge in [0, 0.05) is 18.3 Å². The molecule has 2 aromatic heterocycles. The fraction of sp³-hybridized carbons (Fsp3) is 0.214. The lowest BCUT2D eigenvalue weighted by atomic mass is 10.2. The molecule has 0 aliphatic rings. The second-order valence-electron chi connectivity index (χ2n) is 3.70. The summed E-state index contributed by atoms with van der Waals surface area (Å²) in [6, 6.07) is 5.33. The second kappa shape index (κ2) is 13.0. The normalized spacial score (nSPS) is 8.70. The summed E-state index contributed by atoms with van der Waals surface area (Å²) in [7, 11) is 0. The van der Waals surface area contributed by atoms with Crippen LogP contribution in [0.2, 0.25) is 20.4 Å². The van der Waals surface area contributed by atoms with Crippen LogP contribution in [0.3, 0.4) is 0 Å². The van der Waals surface area contributed by atoms with Crippen LogP contribution < -0.4 is 0 Å². The molecule has 2 heterocycles. The van der Waals surface area contributed by atoms with Crippen molar-refractivity contribution in [2.45, 2.75) is 19.7 Å². The molecule has 0 spiro atoms. The zero-order valence-electron chi connectivity index (χ0n) is 11.2. The first kappa shape index (κ1) is 24.9. The van der Waals surface area contributed by atoms with Gasteiger partial charge < -0.3 is 0 Å². The highest BCUT2D eigenvalue weighted by Crippen LogP contribution is 2.20. The monoisotopic (exact) mass is 431 g/mol. The fourth-order valence-electron chi connectivity index (χ4n) is 1.18. The summed E-state index contributed by atoms with van der Waals surface area (Å²) in [6.45, 7) is 0. The van der Waals surface area contributed by atoms with Crippen LogP contribution in [-0.2, 0) is 12.3 Å². The molecule has 3 nitrogen and oxygen atoms in total. The van der Waals surface area contributed by atoms with E-state index in [0.29, 0.717) is 27.5 Å². The van der Waals surface area contributed by atoms with Gasteiger partial charge in [-0.3, -0.25) is 0 Å². The molecule has 0 aliphatic carbocycles. The highest BCUT2D eigenvalue weighted by atomic mass is 35.5. The summed E-state index contributed by atoms with van der Waals surface area (Å²) < 4.78 is 0. The first-order chi connectivity index (χ1) is 9.97. The smallest absolute Gasteiger partial charge is 0.147 e. The Hall–Kier alpha value is -0.330. The zero-order valence-corrected chi connectivity index (χ0v) is 16.4. The molecular formula is C14H15Cl5N3P. The van der Waals surface area contributed by atoms with Gasteiger partial charge in [-0.15, -0.1) is 11.6 Å². The van der Waals surface area contributed by atoms with Crippen LogP contribution in [-0.4, -0.2) is 9.97 Å². The maximum Gasteiger partial charge on any atom is 0.147 e. The molecule has 2 rings (SSSR count). The molecule has 0 saturated heterocycles. The molecule has 9 heteroatoms. The number of alkyl halides is 1. The predicted octanol–water partition coefficient (Wildman–Crippen LogP) is 6.28. The number of pyridine rings is 2. The third-order valence-electron chi connectivity index (χ3n) is 2.14. The van der Waals surface area contributed by atoms with E-state index in [4.69, 9.17) is 63.3 Å². The Morgan fingerprint density at radius 2 is 1.35 bits per heavy atom. The Kier molecular flexibility index (Phi) is 14.1. The summed E-state index contributed by atoms with van der Waals surface area (Å²) in [4.78, 5) is 7.58. The number of nitriles is 1. The first-order valence-electron chi connectivity index (χ1n) is 5.50. The molecule has 0 radical (unpaired) electrons. The van der Waals surface area contributed by atoms with Crippen molar-refractivity contribution in [3.05, 3.63) is 56.0 Å². The molecule has 2 aromatic rings. The van der Waals surface area contributed by atoms with Gasteiger partial charge in [-0.05, 0) is 23.3 Å². The summed E-state index contributed by atoms with van der Waals surface area (Å²) in [5.74, 6) is 0.407. The average Bonchev–Trinajstić information content (AvgIpc) is 2.47. The highest BCUT2D eigenvalue weighted by Gasteiger charge is 1.99. The Morgan fingerprint density at radius 3 is 1.74 bits per heavy atom. The minimum Gasteiger partial charge on any atom is -0.243 e. The van der Waals surface area contributed by atoms with Crippen molar-refractivity contribution in [3.8, 4) is 6.07 Å². The molecule has 0 fully saturated rings. The van der Waals surface area contributed by atoms with E-state index in [1.165, 1.54) is 6.20 Å². The van der Waals surface area contributed by atoms with Crippen LogP contribution >= 0.6 is 67.9 Å². The van der Waals surface area contributed by atoms with Crippen LogP contribution in [0.1, 0.15) is 18.6 Å². The molecule has 0 aromatic carbocycles. The largest absolute Gasteiger partial charge is 0.243 e. The van der Waals surface area contributed by atoms with Crippen LogP contribution in [0, 0.1) is 11.3 Å². The Labute approximate surface area is 164 Å². The van der Waals surface area contributed by atoms with Crippen LogP contribution in [0.25, 0.3) is 0 Å². The van der Waals surface area contributed by atoms with Crippen molar-refractivity contribution in [1.29, 1.82) is 5.26 Å². The van der Waals surface area contributed by atoms with Crippen molar-refractivity contribution in [1.82, 2.24) is 9.97 Å². The van der Waals surface area contributed by atoms with Gasteiger partial charge >= 0.3 is 0 Å². The van der Waals surface area contributed by atoms with Gasteiger partial charge in [-0.25, -0.2) is 9.97 Å². The van der Waals surface area contributed by atoms with Crippen LogP contribution in [0.4, 0.5) is 0 Å². The number of aromatic nitrogens is 2. The van der Waals surface area contributed by atoms with E-state index in [1.807, 2.05) is 6.07 Å². The van der Waals surface area contributed by atoms with Crippen molar-refractivity contribution in [3.63, 3.8) is 0 Å². The quantitative estimate of drug-likeness (QED) is 0.318. The van der Waals surface area contributed by atoms with E-state index in [-0.39, 0.29) is 22.5 Å². The fourth-order valence-corrected chi connectivity index (χ4v) is 1.91. The molecule has 0 saturated carbocycles. The van der Waals surface area contributed by atoms with E-state index in [1.54, 1.807) is 18.3 Å². The number of nitrogens with zero attached hydrogens (tertiary/aromatic N) is 3. The maximum atomic E-state index is 8.33. The molecule has 126 valence electrons. The summed E-state index contributed by atoms with van der Waals surface area (Å²) >= 11 is 27.9. The van der Waals surface area contributed by atoms with E-state index in [2.05, 4.69) is 9.97 Å². The third kappa shape index (κ3) is 8.91. The Bertz CT molecular complexity index is 661. The minimum absolute atomic E-state index is 0. The van der Waals surface area contributed by atoms with Crippen LogP contribution in [0.5, 0.6) is 0 Å². The van der Waals surface area contributed by atoms with Crippen molar-refractivity contribution < 1.29 is 0 Å². The lowest BCUT2D eigenvalue weighted by Gasteiger charge is -1.95. The van der Waals surface area contributed by atoms with Gasteiger partial charge in [0.05, 0.1) is 22.5 Å². The standard InChI is InChI=1S/C7H4Cl2N2.C6H4Cl3N.CH4.H3P/c8-6-3-5(1-2-10)4-11-7(6)9;7-2-4-1-5(8)6(9)10-3-4;;/h3-4H,1H2;1,3H,2H2;1H4;1H3. The maximum absolute atomic E-state index is 8.33. The van der Waals surface area contributed by atoms with Gasteiger partial charge in [0.25, 0.3) is 0 Å². The zero-order chi connectivity index (χ0) is 15.8. The SMILES string of the molecule is C.ClCc1cnc(Cl)c(Cl)c1.N#CCc1cnc(Cl)c(Cl)c1.P. The summed E-state index contributed by atoms with van der Waals surface area (Å²) in [5.41, 5.74) is 1.65. The van der Waals surface area contributed by atoms with Crippen molar-refractivity contribution >= 4 is 67.9 Å². The number of hydrogen-bond donors (Lipinski definition) is 0. The predicted molar refractivity (Wildman–Crippen MR) is 105 cm³/mol. The molecule has 0 aliphatic heterocycles. The third-order valence-corrected chi connectivity index (χ3v) is 3.82. The molecule has 0 bridgehead atoms. The van der Waals surface area contributed by atoms with Crippen molar-refractivity contribution in [2.75, 3.05) is 0 Å². The van der Waals surface area contributed by atoms with Gasteiger partial charge in [0.2, 0.25) is 0 Å². The van der Waals surface area contributed by atoms with Crippen molar-refractivity contribution in [2.24, 2.45) is 0 Å². The van der Waals surface area contributed by atoms with Gasteiger partial charge in [0.15, 0.2) is 0 Å². The van der Waals surface area contributed by atoms with E-state index < -0.39 is 0 Å². The number of halogens is 5. The molecule has 1 atom stereocenters. The lowest BCUT2D eigenvalue weighted by molar-refractivity contribution is 1.19. The molecule has 0 N–H and O–H groups in total. The first-order valence-corrected chi connectivity index (χ1v) is 7.55. The topological polar surface area (TPSA) is 49.6 Å². The summed E-state index contributed by atoms with van der Waals surface area (Å²) in [5, 5.41) is 9.75. The minimum atomic E-state index is 0.